The van der Waals surface area contributed by atoms with Gasteiger partial charge in [-0.25, -0.2) is 0 Å². The van der Waals surface area contributed by atoms with Gasteiger partial charge >= 0.3 is 0 Å². The van der Waals surface area contributed by atoms with E-state index in [1.165, 1.54) is 63.4 Å². The summed E-state index contributed by atoms with van der Waals surface area (Å²) in [6.07, 6.45) is 17.2. The molecule has 0 aliphatic heterocycles. The fraction of sp³-hybridized carbons (Fsp3) is 0.619. The van der Waals surface area contributed by atoms with Gasteiger partial charge in [-0.15, -0.1) is 0 Å². The third kappa shape index (κ3) is 12.3. The molecule has 0 amide bonds. The second kappa shape index (κ2) is 13.6. The molecule has 0 spiro atoms. The molecule has 1 aromatic rings. The molecule has 1 rings (SSSR count). The Bertz CT molecular complexity index is 398. The molecule has 0 fully saturated rings. The van der Waals surface area contributed by atoms with E-state index in [0.717, 1.165) is 11.0 Å². The molecule has 132 valence electrons. The molecule has 0 radical (unpaired) electrons. The molecule has 0 aromatic heterocycles. The Balaban J connectivity index is 0.00000484. The van der Waals surface area contributed by atoms with E-state index in [-0.39, 0.29) is 12.4 Å². The maximum absolute atomic E-state index is 2.38. The van der Waals surface area contributed by atoms with Crippen molar-refractivity contribution in [3.8, 4) is 0 Å². The fourth-order valence-corrected chi connectivity index (χ4v) is 2.86. The Labute approximate surface area is 150 Å². The smallest absolute Gasteiger partial charge is 0.108 e. The van der Waals surface area contributed by atoms with Crippen molar-refractivity contribution in [1.82, 2.24) is 0 Å². The zero-order valence-electron chi connectivity index (χ0n) is 15.4. The summed E-state index contributed by atoms with van der Waals surface area (Å²) in [6.45, 7) is 3.35. The van der Waals surface area contributed by atoms with Crippen LogP contribution in [0.3, 0.4) is 0 Å². The van der Waals surface area contributed by atoms with Gasteiger partial charge in [0.1, 0.15) is 6.54 Å². The van der Waals surface area contributed by atoms with E-state index in [0.29, 0.717) is 0 Å². The van der Waals surface area contributed by atoms with Crippen LogP contribution >= 0.6 is 0 Å². The highest BCUT2D eigenvalue weighted by molar-refractivity contribution is 5.13. The predicted octanol–water partition coefficient (Wildman–Crippen LogP) is 3.31. The first-order valence-electron chi connectivity index (χ1n) is 9.18. The first-order chi connectivity index (χ1) is 10.6. The normalized spacial score (nSPS) is 11.6. The largest absolute Gasteiger partial charge is 1.00 e. The summed E-state index contributed by atoms with van der Waals surface area (Å²) in [7, 11) is 4.55. The van der Waals surface area contributed by atoms with Crippen molar-refractivity contribution in [2.45, 2.75) is 71.3 Å². The SMILES string of the molecule is CCCCCCCCCC/C=C/[N+](C)(C)Cc1ccccc1.[Cl-]. The van der Waals surface area contributed by atoms with Crippen LogP contribution in [0.4, 0.5) is 0 Å². The average molecular weight is 338 g/mol. The number of rotatable bonds is 12. The van der Waals surface area contributed by atoms with Crippen molar-refractivity contribution in [2.24, 2.45) is 0 Å². The summed E-state index contributed by atoms with van der Waals surface area (Å²) in [5, 5.41) is 0. The molecule has 23 heavy (non-hydrogen) atoms. The molecular formula is C21H36ClN. The number of hydrogen-bond acceptors (Lipinski definition) is 0. The lowest BCUT2D eigenvalue weighted by Gasteiger charge is -2.25. The molecule has 0 saturated carbocycles. The lowest BCUT2D eigenvalue weighted by Crippen LogP contribution is -3.00. The van der Waals surface area contributed by atoms with Gasteiger partial charge < -0.3 is 12.4 Å². The number of benzene rings is 1. The Morgan fingerprint density at radius 3 is 2.00 bits per heavy atom. The van der Waals surface area contributed by atoms with Crippen LogP contribution in [0.2, 0.25) is 0 Å². The summed E-state index contributed by atoms with van der Waals surface area (Å²) in [4.78, 5) is 0. The van der Waals surface area contributed by atoms with Crippen LogP contribution < -0.4 is 12.4 Å². The minimum Gasteiger partial charge on any atom is -1.00 e. The van der Waals surface area contributed by atoms with Crippen LogP contribution in [0.15, 0.2) is 42.6 Å². The predicted molar refractivity (Wildman–Crippen MR) is 98.6 cm³/mol. The molecule has 1 nitrogen and oxygen atoms in total. The maximum atomic E-state index is 2.38. The minimum atomic E-state index is 0. The van der Waals surface area contributed by atoms with E-state index in [1.54, 1.807) is 0 Å². The molecule has 0 aliphatic rings. The Kier molecular flexibility index (Phi) is 13.2. The number of halogens is 1. The Hall–Kier alpha value is -0.790. The lowest BCUT2D eigenvalue weighted by atomic mass is 10.1. The topological polar surface area (TPSA) is 0 Å². The molecule has 0 saturated heterocycles. The van der Waals surface area contributed by atoms with Crippen LogP contribution in [0.25, 0.3) is 0 Å². The van der Waals surface area contributed by atoms with Gasteiger partial charge in [0.05, 0.1) is 20.3 Å². The monoisotopic (exact) mass is 337 g/mol. The Morgan fingerprint density at radius 1 is 0.826 bits per heavy atom. The van der Waals surface area contributed by atoms with E-state index in [1.807, 2.05) is 0 Å². The summed E-state index contributed by atoms with van der Waals surface area (Å²) >= 11 is 0. The number of allylic oxidation sites excluding steroid dienone is 1. The molecule has 1 aromatic carbocycles. The zero-order valence-corrected chi connectivity index (χ0v) is 16.2. The maximum Gasteiger partial charge on any atom is 0.108 e. The number of hydrogen-bond donors (Lipinski definition) is 0. The molecule has 0 heterocycles. The van der Waals surface area contributed by atoms with Gasteiger partial charge in [0.25, 0.3) is 0 Å². The minimum absolute atomic E-state index is 0. The van der Waals surface area contributed by atoms with Gasteiger partial charge in [0.2, 0.25) is 0 Å². The van der Waals surface area contributed by atoms with Crippen LogP contribution in [0.5, 0.6) is 0 Å². The second-order valence-electron chi connectivity index (χ2n) is 7.07. The molecule has 0 unspecified atom stereocenters. The summed E-state index contributed by atoms with van der Waals surface area (Å²) in [5.41, 5.74) is 1.41. The third-order valence-electron chi connectivity index (χ3n) is 4.17. The molecule has 0 aliphatic carbocycles. The Morgan fingerprint density at radius 2 is 1.39 bits per heavy atom. The van der Waals surface area contributed by atoms with Crippen LogP contribution in [0, 0.1) is 0 Å². The first kappa shape index (κ1) is 22.2. The van der Waals surface area contributed by atoms with Crippen molar-refractivity contribution in [1.29, 1.82) is 0 Å². The molecule has 2 heteroatoms. The van der Waals surface area contributed by atoms with Crippen LogP contribution in [0.1, 0.15) is 70.3 Å². The summed E-state index contributed by atoms with van der Waals surface area (Å²) in [5.74, 6) is 0. The van der Waals surface area contributed by atoms with E-state index < -0.39 is 0 Å². The van der Waals surface area contributed by atoms with Crippen LogP contribution in [-0.2, 0) is 6.54 Å². The third-order valence-corrected chi connectivity index (χ3v) is 4.17. The van der Waals surface area contributed by atoms with Gasteiger partial charge in [0, 0.05) is 5.56 Å². The van der Waals surface area contributed by atoms with Gasteiger partial charge in [-0.3, -0.25) is 4.48 Å². The molecular weight excluding hydrogens is 302 g/mol. The average Bonchev–Trinajstić information content (AvgIpc) is 2.49. The first-order valence-corrected chi connectivity index (χ1v) is 9.18. The van der Waals surface area contributed by atoms with Gasteiger partial charge in [-0.1, -0.05) is 82.2 Å². The lowest BCUT2D eigenvalue weighted by molar-refractivity contribution is -0.852. The van der Waals surface area contributed by atoms with Crippen molar-refractivity contribution < 1.29 is 16.9 Å². The molecule has 0 bridgehead atoms. The number of unbranched alkanes of at least 4 members (excludes halogenated alkanes) is 8. The fourth-order valence-electron chi connectivity index (χ4n) is 2.86. The van der Waals surface area contributed by atoms with Crippen molar-refractivity contribution in [3.05, 3.63) is 48.2 Å². The van der Waals surface area contributed by atoms with E-state index in [4.69, 9.17) is 0 Å². The van der Waals surface area contributed by atoms with Crippen LogP contribution in [-0.4, -0.2) is 18.6 Å². The number of quaternary nitrogens is 1. The van der Waals surface area contributed by atoms with Gasteiger partial charge in [-0.2, -0.15) is 0 Å². The van der Waals surface area contributed by atoms with E-state index in [9.17, 15) is 0 Å². The molecule has 0 atom stereocenters. The standard InChI is InChI=1S/C21H36N.ClH/c1-4-5-6-7-8-9-10-11-12-16-19-22(2,3)20-21-17-14-13-15-18-21;/h13-19H,4-12,20H2,1-3H3;1H/q+1;/p-1/b19-16+;. The number of nitrogens with zero attached hydrogens (tertiary/aromatic N) is 1. The zero-order chi connectivity index (χ0) is 16.1. The van der Waals surface area contributed by atoms with Gasteiger partial charge in [0.15, 0.2) is 0 Å². The van der Waals surface area contributed by atoms with Crippen molar-refractivity contribution in [3.63, 3.8) is 0 Å². The molecule has 0 N–H and O–H groups in total. The highest BCUT2D eigenvalue weighted by atomic mass is 35.5. The second-order valence-corrected chi connectivity index (χ2v) is 7.07. The van der Waals surface area contributed by atoms with Crippen molar-refractivity contribution in [2.75, 3.05) is 14.1 Å². The van der Waals surface area contributed by atoms with E-state index in [2.05, 4.69) is 63.6 Å². The summed E-state index contributed by atoms with van der Waals surface area (Å²) in [6, 6.07) is 10.8. The quantitative estimate of drug-likeness (QED) is 0.405. The summed E-state index contributed by atoms with van der Waals surface area (Å²) < 4.78 is 0.932. The van der Waals surface area contributed by atoms with Gasteiger partial charge in [-0.05, 0) is 18.9 Å². The van der Waals surface area contributed by atoms with E-state index >= 15 is 0 Å². The highest BCUT2D eigenvalue weighted by Gasteiger charge is 2.11. The highest BCUT2D eigenvalue weighted by Crippen LogP contribution is 2.12. The van der Waals surface area contributed by atoms with Crippen molar-refractivity contribution >= 4 is 0 Å².